The number of carbonyl (C=O) groups excluding carboxylic acids is 1. The van der Waals surface area contributed by atoms with Crippen molar-refractivity contribution in [1.29, 1.82) is 0 Å². The average Bonchev–Trinajstić information content (AvgIpc) is 3.26. The lowest BCUT2D eigenvalue weighted by Crippen LogP contribution is -2.51. The molecule has 4 rings (SSSR count). The van der Waals surface area contributed by atoms with Crippen molar-refractivity contribution in [2.45, 2.75) is 45.2 Å². The van der Waals surface area contributed by atoms with E-state index in [1.807, 2.05) is 7.05 Å². The highest BCUT2D eigenvalue weighted by atomic mass is 16.1. The third kappa shape index (κ3) is 2.74. The number of aromatic nitrogens is 3. The fraction of sp³-hybridized carbons (Fsp3) is 0.750. The summed E-state index contributed by atoms with van der Waals surface area (Å²) in [7, 11) is 1.82. The first kappa shape index (κ1) is 15.4. The van der Waals surface area contributed by atoms with Crippen LogP contribution < -0.4 is 10.6 Å². The highest BCUT2D eigenvalue weighted by molar-refractivity contribution is 5.81. The molecule has 0 radical (unpaired) electrons. The Morgan fingerprint density at radius 3 is 3.08 bits per heavy atom. The van der Waals surface area contributed by atoms with Crippen LogP contribution in [0.3, 0.4) is 0 Å². The minimum absolute atomic E-state index is 0.0725. The monoisotopic (exact) mass is 331 g/mol. The normalized spacial score (nSPS) is 26.8. The number of hydrogen-bond acceptors (Lipinski definition) is 4. The molecule has 1 unspecified atom stereocenters. The van der Waals surface area contributed by atoms with Gasteiger partial charge in [-0.25, -0.2) is 0 Å². The number of aliphatic imine (C=N–C) groups is 1. The maximum Gasteiger partial charge on any atom is 0.220 e. The molecular weight excluding hydrogens is 306 g/mol. The fourth-order valence-corrected chi connectivity index (χ4v) is 4.26. The Bertz CT molecular complexity index is 667. The molecule has 1 amide bonds. The molecule has 0 aliphatic carbocycles. The van der Waals surface area contributed by atoms with Crippen molar-refractivity contribution in [2.75, 3.05) is 26.7 Å². The Kier molecular flexibility index (Phi) is 3.90. The van der Waals surface area contributed by atoms with Crippen LogP contribution in [0.4, 0.5) is 0 Å². The first-order chi connectivity index (χ1) is 11.7. The lowest BCUT2D eigenvalue weighted by molar-refractivity contribution is -0.119. The van der Waals surface area contributed by atoms with Gasteiger partial charge in [-0.1, -0.05) is 0 Å². The van der Waals surface area contributed by atoms with E-state index in [1.165, 1.54) is 0 Å². The van der Waals surface area contributed by atoms with Crippen LogP contribution in [0.5, 0.6) is 0 Å². The number of hydrogen-bond donors (Lipinski definition) is 2. The van der Waals surface area contributed by atoms with Gasteiger partial charge in [-0.3, -0.25) is 9.79 Å². The second-order valence-corrected chi connectivity index (χ2v) is 7.17. The van der Waals surface area contributed by atoms with Crippen LogP contribution >= 0.6 is 0 Å². The van der Waals surface area contributed by atoms with Crippen molar-refractivity contribution in [3.63, 3.8) is 0 Å². The highest BCUT2D eigenvalue weighted by Crippen LogP contribution is 2.36. The van der Waals surface area contributed by atoms with E-state index in [0.717, 1.165) is 69.5 Å². The standard InChI is InChI=1S/C16H25N7O/c1-17-15(18-9-13-21-20-12-4-2-7-23(12)13)22-6-3-5-16(11-22)8-14(24)19-10-16/h2-11H2,1H3,(H,17,18)(H,19,24). The zero-order valence-electron chi connectivity index (χ0n) is 14.2. The van der Waals surface area contributed by atoms with Gasteiger partial charge < -0.3 is 20.1 Å². The minimum Gasteiger partial charge on any atom is -0.355 e. The quantitative estimate of drug-likeness (QED) is 0.584. The molecule has 0 saturated carbocycles. The third-order valence-corrected chi connectivity index (χ3v) is 5.46. The zero-order chi connectivity index (χ0) is 16.6. The average molecular weight is 331 g/mol. The SMILES string of the molecule is CN=C(NCc1nnc2n1CCC2)N1CCCC2(CNC(=O)C2)C1. The Balaban J connectivity index is 1.41. The molecule has 24 heavy (non-hydrogen) atoms. The van der Waals surface area contributed by atoms with Crippen LogP contribution in [0.15, 0.2) is 4.99 Å². The smallest absolute Gasteiger partial charge is 0.220 e. The molecule has 4 heterocycles. The summed E-state index contributed by atoms with van der Waals surface area (Å²) in [6.07, 6.45) is 5.02. The van der Waals surface area contributed by atoms with Gasteiger partial charge in [0.15, 0.2) is 11.8 Å². The third-order valence-electron chi connectivity index (χ3n) is 5.46. The van der Waals surface area contributed by atoms with Gasteiger partial charge >= 0.3 is 0 Å². The van der Waals surface area contributed by atoms with E-state index in [-0.39, 0.29) is 11.3 Å². The molecule has 2 fully saturated rings. The Morgan fingerprint density at radius 2 is 2.29 bits per heavy atom. The van der Waals surface area contributed by atoms with Crippen molar-refractivity contribution in [3.8, 4) is 0 Å². The summed E-state index contributed by atoms with van der Waals surface area (Å²) in [6, 6.07) is 0. The second-order valence-electron chi connectivity index (χ2n) is 7.17. The molecule has 1 aromatic heterocycles. The molecule has 130 valence electrons. The van der Waals surface area contributed by atoms with E-state index in [4.69, 9.17) is 0 Å². The molecule has 0 bridgehead atoms. The molecular formula is C16H25N7O. The van der Waals surface area contributed by atoms with Crippen molar-refractivity contribution in [3.05, 3.63) is 11.6 Å². The molecule has 1 aromatic rings. The van der Waals surface area contributed by atoms with Gasteiger partial charge in [-0.05, 0) is 19.3 Å². The molecule has 2 N–H and O–H groups in total. The number of guanidine groups is 1. The van der Waals surface area contributed by atoms with Crippen LogP contribution in [-0.4, -0.2) is 58.2 Å². The van der Waals surface area contributed by atoms with Crippen LogP contribution in [-0.2, 0) is 24.3 Å². The summed E-state index contributed by atoms with van der Waals surface area (Å²) < 4.78 is 2.21. The van der Waals surface area contributed by atoms with Crippen LogP contribution in [0.2, 0.25) is 0 Å². The number of fused-ring (bicyclic) bond motifs is 1. The second kappa shape index (κ2) is 6.07. The highest BCUT2D eigenvalue weighted by Gasteiger charge is 2.42. The van der Waals surface area contributed by atoms with Gasteiger partial charge in [-0.2, -0.15) is 0 Å². The predicted molar refractivity (Wildman–Crippen MR) is 89.4 cm³/mol. The maximum atomic E-state index is 11.7. The molecule has 0 aromatic carbocycles. The molecule has 3 aliphatic rings. The number of piperidine rings is 1. The number of nitrogens with one attached hydrogen (secondary N) is 2. The van der Waals surface area contributed by atoms with Gasteiger partial charge in [0.05, 0.1) is 6.54 Å². The van der Waals surface area contributed by atoms with E-state index < -0.39 is 0 Å². The Morgan fingerprint density at radius 1 is 1.38 bits per heavy atom. The number of aryl methyl sites for hydroxylation is 1. The summed E-state index contributed by atoms with van der Waals surface area (Å²) >= 11 is 0. The first-order valence-electron chi connectivity index (χ1n) is 8.82. The molecule has 3 aliphatic heterocycles. The maximum absolute atomic E-state index is 11.7. The minimum atomic E-state index is 0.0725. The van der Waals surface area contributed by atoms with E-state index >= 15 is 0 Å². The van der Waals surface area contributed by atoms with Gasteiger partial charge in [0.1, 0.15) is 5.82 Å². The van der Waals surface area contributed by atoms with Crippen LogP contribution in [0.1, 0.15) is 37.3 Å². The zero-order valence-corrected chi connectivity index (χ0v) is 14.2. The topological polar surface area (TPSA) is 87.4 Å². The van der Waals surface area contributed by atoms with Crippen LogP contribution in [0, 0.1) is 5.41 Å². The summed E-state index contributed by atoms with van der Waals surface area (Å²) in [4.78, 5) is 18.4. The van der Waals surface area contributed by atoms with Crippen molar-refractivity contribution >= 4 is 11.9 Å². The van der Waals surface area contributed by atoms with Gasteiger partial charge in [0.25, 0.3) is 0 Å². The van der Waals surface area contributed by atoms with Crippen molar-refractivity contribution in [1.82, 2.24) is 30.3 Å². The molecule has 2 saturated heterocycles. The number of amides is 1. The van der Waals surface area contributed by atoms with Crippen molar-refractivity contribution in [2.24, 2.45) is 10.4 Å². The number of nitrogens with zero attached hydrogens (tertiary/aromatic N) is 5. The molecule has 1 atom stereocenters. The molecule has 8 heteroatoms. The summed E-state index contributed by atoms with van der Waals surface area (Å²) in [6.45, 7) is 4.30. The summed E-state index contributed by atoms with van der Waals surface area (Å²) in [5.41, 5.74) is 0.0725. The lowest BCUT2D eigenvalue weighted by atomic mass is 9.79. The number of carbonyl (C=O) groups is 1. The number of likely N-dealkylation sites (tertiary alicyclic amines) is 1. The predicted octanol–water partition coefficient (Wildman–Crippen LogP) is -0.0982. The first-order valence-corrected chi connectivity index (χ1v) is 8.82. The van der Waals surface area contributed by atoms with E-state index in [0.29, 0.717) is 13.0 Å². The lowest BCUT2D eigenvalue weighted by Gasteiger charge is -2.40. The van der Waals surface area contributed by atoms with E-state index in [1.54, 1.807) is 0 Å². The summed E-state index contributed by atoms with van der Waals surface area (Å²) in [5.74, 6) is 3.14. The van der Waals surface area contributed by atoms with E-state index in [9.17, 15) is 4.79 Å². The van der Waals surface area contributed by atoms with Gasteiger partial charge in [0.2, 0.25) is 5.91 Å². The molecule has 8 nitrogen and oxygen atoms in total. The van der Waals surface area contributed by atoms with Crippen LogP contribution in [0.25, 0.3) is 0 Å². The van der Waals surface area contributed by atoms with Gasteiger partial charge in [-0.15, -0.1) is 10.2 Å². The Hall–Kier alpha value is -2.12. The fourth-order valence-electron chi connectivity index (χ4n) is 4.26. The Labute approximate surface area is 141 Å². The summed E-state index contributed by atoms with van der Waals surface area (Å²) in [5, 5.41) is 15.0. The van der Waals surface area contributed by atoms with Gasteiger partial charge in [0, 0.05) is 51.5 Å². The number of rotatable bonds is 2. The molecule has 1 spiro atoms. The van der Waals surface area contributed by atoms with E-state index in [2.05, 4.69) is 35.3 Å². The van der Waals surface area contributed by atoms with Crippen molar-refractivity contribution < 1.29 is 4.79 Å². The largest absolute Gasteiger partial charge is 0.355 e.